The predicted molar refractivity (Wildman–Crippen MR) is 82.3 cm³/mol. The van der Waals surface area contributed by atoms with Crippen molar-refractivity contribution in [2.24, 2.45) is 5.41 Å². The van der Waals surface area contributed by atoms with E-state index in [0.29, 0.717) is 18.4 Å². The average molecular weight is 327 g/mol. The number of halogens is 2. The van der Waals surface area contributed by atoms with Crippen molar-refractivity contribution in [2.45, 2.75) is 44.9 Å². The molecular formula is C17H20ClFO3. The molecule has 0 bridgehead atoms. The van der Waals surface area contributed by atoms with Crippen LogP contribution in [0.2, 0.25) is 5.02 Å². The number of hydrogen-bond donors (Lipinski definition) is 0. The lowest BCUT2D eigenvalue weighted by Crippen LogP contribution is -2.37. The number of carbonyl (C=O) groups excluding carboxylic acids is 2. The van der Waals surface area contributed by atoms with Crippen LogP contribution in [-0.2, 0) is 20.7 Å². The standard InChI is InChI=1S/C17H20ClFO3/c1-22-16(21)17(7-3-2-4-8-17)11-13(20)9-12-5-6-14(18)15(19)10-12/h5-6,10H,2-4,7-9,11H2,1H3. The van der Waals surface area contributed by atoms with Crippen LogP contribution in [0.3, 0.4) is 0 Å². The Kier molecular flexibility index (Phi) is 5.57. The van der Waals surface area contributed by atoms with E-state index in [2.05, 4.69) is 0 Å². The summed E-state index contributed by atoms with van der Waals surface area (Å²) in [5.74, 6) is -0.913. The van der Waals surface area contributed by atoms with Gasteiger partial charge < -0.3 is 4.74 Å². The van der Waals surface area contributed by atoms with E-state index < -0.39 is 11.2 Å². The fourth-order valence-electron chi connectivity index (χ4n) is 3.22. The highest BCUT2D eigenvalue weighted by Crippen LogP contribution is 2.40. The first kappa shape index (κ1) is 16.9. The van der Waals surface area contributed by atoms with E-state index >= 15 is 0 Å². The van der Waals surface area contributed by atoms with Crippen molar-refractivity contribution in [3.8, 4) is 0 Å². The maximum absolute atomic E-state index is 13.4. The molecule has 120 valence electrons. The van der Waals surface area contributed by atoms with E-state index in [1.54, 1.807) is 6.07 Å². The zero-order valence-corrected chi connectivity index (χ0v) is 13.4. The van der Waals surface area contributed by atoms with Gasteiger partial charge in [-0.2, -0.15) is 0 Å². The maximum atomic E-state index is 13.4. The first-order valence-electron chi connectivity index (χ1n) is 7.51. The number of esters is 1. The van der Waals surface area contributed by atoms with Crippen molar-refractivity contribution in [1.82, 2.24) is 0 Å². The molecule has 0 spiro atoms. The molecule has 2 rings (SSSR count). The molecule has 1 aromatic rings. The zero-order valence-electron chi connectivity index (χ0n) is 12.7. The van der Waals surface area contributed by atoms with E-state index in [4.69, 9.17) is 16.3 Å². The molecule has 1 fully saturated rings. The van der Waals surface area contributed by atoms with E-state index in [9.17, 15) is 14.0 Å². The molecule has 0 amide bonds. The van der Waals surface area contributed by atoms with Gasteiger partial charge in [0, 0.05) is 12.8 Å². The zero-order chi connectivity index (χ0) is 16.2. The summed E-state index contributed by atoms with van der Waals surface area (Å²) in [7, 11) is 1.36. The number of benzene rings is 1. The SMILES string of the molecule is COC(=O)C1(CC(=O)Cc2ccc(Cl)c(F)c2)CCCCC1. The highest BCUT2D eigenvalue weighted by Gasteiger charge is 2.42. The van der Waals surface area contributed by atoms with Crippen LogP contribution in [0, 0.1) is 11.2 Å². The number of rotatable bonds is 5. The molecule has 0 heterocycles. The van der Waals surface area contributed by atoms with Crippen LogP contribution in [0.25, 0.3) is 0 Å². The summed E-state index contributed by atoms with van der Waals surface area (Å²) >= 11 is 5.63. The summed E-state index contributed by atoms with van der Waals surface area (Å²) < 4.78 is 18.3. The number of Topliss-reactive ketones (excluding diaryl/α,β-unsaturated/α-hetero) is 1. The van der Waals surface area contributed by atoms with Crippen molar-refractivity contribution in [2.75, 3.05) is 7.11 Å². The molecule has 0 aliphatic heterocycles. The van der Waals surface area contributed by atoms with Crippen molar-refractivity contribution in [3.05, 3.63) is 34.6 Å². The predicted octanol–water partition coefficient (Wildman–Crippen LogP) is 4.10. The molecule has 1 aliphatic rings. The Bertz CT molecular complexity index is 565. The van der Waals surface area contributed by atoms with Gasteiger partial charge in [-0.05, 0) is 30.5 Å². The van der Waals surface area contributed by atoms with Gasteiger partial charge in [0.05, 0.1) is 17.5 Å². The minimum absolute atomic E-state index is 0.0366. The second kappa shape index (κ2) is 7.23. The van der Waals surface area contributed by atoms with Crippen molar-refractivity contribution >= 4 is 23.4 Å². The molecule has 3 nitrogen and oxygen atoms in total. The number of hydrogen-bond acceptors (Lipinski definition) is 3. The molecule has 0 aromatic heterocycles. The third-order valence-corrected chi connectivity index (χ3v) is 4.66. The number of ether oxygens (including phenoxy) is 1. The van der Waals surface area contributed by atoms with Crippen LogP contribution < -0.4 is 0 Å². The highest BCUT2D eigenvalue weighted by atomic mass is 35.5. The topological polar surface area (TPSA) is 43.4 Å². The lowest BCUT2D eigenvalue weighted by atomic mass is 9.70. The number of ketones is 1. The minimum atomic E-state index is -0.699. The van der Waals surface area contributed by atoms with Crippen molar-refractivity contribution in [1.29, 1.82) is 0 Å². The first-order valence-corrected chi connectivity index (χ1v) is 7.89. The molecule has 0 saturated heterocycles. The van der Waals surface area contributed by atoms with Gasteiger partial charge in [-0.15, -0.1) is 0 Å². The number of methoxy groups -OCH3 is 1. The first-order chi connectivity index (χ1) is 10.5. The molecule has 22 heavy (non-hydrogen) atoms. The Morgan fingerprint density at radius 1 is 1.27 bits per heavy atom. The van der Waals surface area contributed by atoms with Crippen LogP contribution in [-0.4, -0.2) is 18.9 Å². The molecule has 1 aromatic carbocycles. The molecule has 0 unspecified atom stereocenters. The molecule has 1 aliphatic carbocycles. The van der Waals surface area contributed by atoms with Gasteiger partial charge in [-0.1, -0.05) is 36.9 Å². The average Bonchev–Trinajstić information content (AvgIpc) is 2.51. The Hall–Kier alpha value is -1.42. The van der Waals surface area contributed by atoms with E-state index in [-0.39, 0.29) is 29.6 Å². The third-order valence-electron chi connectivity index (χ3n) is 4.35. The Balaban J connectivity index is 2.07. The Labute approximate surface area is 134 Å². The molecule has 5 heteroatoms. The Morgan fingerprint density at radius 2 is 1.95 bits per heavy atom. The molecule has 0 atom stereocenters. The second-order valence-electron chi connectivity index (χ2n) is 5.97. The second-order valence-corrected chi connectivity index (χ2v) is 6.38. The highest BCUT2D eigenvalue weighted by molar-refractivity contribution is 6.30. The van der Waals surface area contributed by atoms with Gasteiger partial charge >= 0.3 is 5.97 Å². The summed E-state index contributed by atoms with van der Waals surface area (Å²) in [6, 6.07) is 4.34. The van der Waals surface area contributed by atoms with Crippen LogP contribution in [0.15, 0.2) is 18.2 Å². The van der Waals surface area contributed by atoms with Gasteiger partial charge in [0.1, 0.15) is 11.6 Å². The van der Waals surface area contributed by atoms with Gasteiger partial charge in [-0.3, -0.25) is 9.59 Å². The van der Waals surface area contributed by atoms with Crippen molar-refractivity contribution < 1.29 is 18.7 Å². The minimum Gasteiger partial charge on any atom is -0.469 e. The van der Waals surface area contributed by atoms with Gasteiger partial charge in [-0.25, -0.2) is 4.39 Å². The van der Waals surface area contributed by atoms with E-state index in [1.807, 2.05) is 0 Å². The summed E-state index contributed by atoms with van der Waals surface area (Å²) in [5.41, 5.74) is -0.127. The monoisotopic (exact) mass is 326 g/mol. The third kappa shape index (κ3) is 3.86. The van der Waals surface area contributed by atoms with Gasteiger partial charge in [0.2, 0.25) is 0 Å². The van der Waals surface area contributed by atoms with Crippen LogP contribution in [0.5, 0.6) is 0 Å². The van der Waals surface area contributed by atoms with Gasteiger partial charge in [0.15, 0.2) is 0 Å². The van der Waals surface area contributed by atoms with Gasteiger partial charge in [0.25, 0.3) is 0 Å². The van der Waals surface area contributed by atoms with Crippen LogP contribution >= 0.6 is 11.6 Å². The van der Waals surface area contributed by atoms with Crippen LogP contribution in [0.4, 0.5) is 4.39 Å². The normalized spacial score (nSPS) is 17.0. The fourth-order valence-corrected chi connectivity index (χ4v) is 3.33. The summed E-state index contributed by atoms with van der Waals surface area (Å²) in [6.45, 7) is 0. The Morgan fingerprint density at radius 3 is 2.55 bits per heavy atom. The lowest BCUT2D eigenvalue weighted by molar-refractivity contribution is -0.157. The van der Waals surface area contributed by atoms with E-state index in [1.165, 1.54) is 19.2 Å². The largest absolute Gasteiger partial charge is 0.469 e. The smallest absolute Gasteiger partial charge is 0.312 e. The summed E-state index contributed by atoms with van der Waals surface area (Å²) in [4.78, 5) is 24.5. The summed E-state index contributed by atoms with van der Waals surface area (Å²) in [5, 5.41) is 0.0366. The molecular weight excluding hydrogens is 307 g/mol. The van der Waals surface area contributed by atoms with E-state index in [0.717, 1.165) is 19.3 Å². The van der Waals surface area contributed by atoms with Crippen LogP contribution in [0.1, 0.15) is 44.1 Å². The maximum Gasteiger partial charge on any atom is 0.312 e. The lowest BCUT2D eigenvalue weighted by Gasteiger charge is -2.33. The quantitative estimate of drug-likeness (QED) is 0.765. The molecule has 0 radical (unpaired) electrons. The van der Waals surface area contributed by atoms with Crippen molar-refractivity contribution in [3.63, 3.8) is 0 Å². The number of carbonyl (C=O) groups is 2. The molecule has 1 saturated carbocycles. The fraction of sp³-hybridized carbons (Fsp3) is 0.529. The summed E-state index contributed by atoms with van der Waals surface area (Å²) in [6.07, 6.45) is 4.56. The molecule has 0 N–H and O–H groups in total.